The summed E-state index contributed by atoms with van der Waals surface area (Å²) in [5, 5.41) is 1.51. The molecule has 0 unspecified atom stereocenters. The van der Waals surface area contributed by atoms with Crippen LogP contribution in [0.15, 0.2) is 84.9 Å². The second kappa shape index (κ2) is 8.07. The van der Waals surface area contributed by atoms with Crippen LogP contribution in [0.1, 0.15) is 16.7 Å². The zero-order chi connectivity index (χ0) is 23.3. The lowest BCUT2D eigenvalue weighted by molar-refractivity contribution is 1.28. The first-order valence-electron chi connectivity index (χ1n) is 11.9. The van der Waals surface area contributed by atoms with Crippen molar-refractivity contribution in [1.82, 2.24) is 0 Å². The van der Waals surface area contributed by atoms with Crippen LogP contribution in [0.2, 0.25) is 19.6 Å². The number of hydrogen-bond donors (Lipinski definition) is 0. The minimum Gasteiger partial charge on any atom is -0.312 e. The van der Waals surface area contributed by atoms with E-state index in [4.69, 9.17) is 0 Å². The van der Waals surface area contributed by atoms with Gasteiger partial charge in [-0.2, -0.15) is 0 Å². The summed E-state index contributed by atoms with van der Waals surface area (Å²) in [6, 6.07) is 31.7. The maximum absolute atomic E-state index is 2.49. The fourth-order valence-electron chi connectivity index (χ4n) is 5.32. The second-order valence-corrected chi connectivity index (χ2v) is 15.6. The normalized spacial score (nSPS) is 13.0. The Morgan fingerprint density at radius 1 is 0.636 bits per heavy atom. The number of hydrogen-bond acceptors (Lipinski definition) is 1. The number of nitrogens with zero attached hydrogens (tertiary/aromatic N) is 1. The zero-order valence-electron chi connectivity index (χ0n) is 20.6. The van der Waals surface area contributed by atoms with Crippen LogP contribution in [-0.4, -0.2) is 14.8 Å². The number of para-hydroxylation sites is 2. The molecule has 0 saturated heterocycles. The quantitative estimate of drug-likeness (QED) is 0.334. The van der Waals surface area contributed by atoms with Gasteiger partial charge in [-0.05, 0) is 56.0 Å². The zero-order valence-corrected chi connectivity index (χ0v) is 21.6. The van der Waals surface area contributed by atoms with Crippen LogP contribution < -0.4 is 26.5 Å². The van der Waals surface area contributed by atoms with Gasteiger partial charge in [-0.1, -0.05) is 108 Å². The number of rotatable bonds is 3. The van der Waals surface area contributed by atoms with E-state index in [1.54, 1.807) is 0 Å². The molecule has 0 spiro atoms. The Bertz CT molecular complexity index is 1340. The number of anilines is 3. The molecule has 0 radical (unpaired) electrons. The Balaban J connectivity index is 1.87. The Morgan fingerprint density at radius 2 is 1.33 bits per heavy atom. The van der Waals surface area contributed by atoms with E-state index in [0.717, 1.165) is 0 Å². The predicted molar refractivity (Wildman–Crippen MR) is 149 cm³/mol. The minimum atomic E-state index is -1.49. The van der Waals surface area contributed by atoms with Crippen molar-refractivity contribution in [2.45, 2.75) is 40.4 Å². The number of fused-ring (bicyclic) bond motifs is 2. The van der Waals surface area contributed by atoms with Gasteiger partial charge in [-0.3, -0.25) is 0 Å². The third-order valence-electron chi connectivity index (χ3n) is 7.00. The summed E-state index contributed by atoms with van der Waals surface area (Å²) in [6.45, 7) is 14.3. The van der Waals surface area contributed by atoms with E-state index >= 15 is 0 Å². The van der Waals surface area contributed by atoms with Crippen LogP contribution in [0.4, 0.5) is 17.1 Å². The summed E-state index contributed by atoms with van der Waals surface area (Å²) >= 11 is 0. The first-order valence-corrected chi connectivity index (χ1v) is 15.4. The predicted octanol–water partition coefficient (Wildman–Crippen LogP) is 5.46. The topological polar surface area (TPSA) is 3.24 Å². The Hall–Kier alpha value is -3.04. The fraction of sp³-hybridized carbons (Fsp3) is 0.200. The number of benzene rings is 4. The van der Waals surface area contributed by atoms with Gasteiger partial charge in [-0.25, -0.2) is 0 Å². The summed E-state index contributed by atoms with van der Waals surface area (Å²) in [5.41, 5.74) is 12.1. The van der Waals surface area contributed by atoms with E-state index in [1.807, 2.05) is 0 Å². The molecule has 5 rings (SSSR count). The molecule has 0 atom stereocenters. The van der Waals surface area contributed by atoms with Gasteiger partial charge >= 0.3 is 0 Å². The lowest BCUT2D eigenvalue weighted by Crippen LogP contribution is -2.59. The third-order valence-corrected chi connectivity index (χ3v) is 9.02. The van der Waals surface area contributed by atoms with E-state index in [9.17, 15) is 0 Å². The molecule has 4 aromatic carbocycles. The maximum atomic E-state index is 2.49. The van der Waals surface area contributed by atoms with E-state index in [-0.39, 0.29) is 6.71 Å². The first kappa shape index (κ1) is 21.8. The van der Waals surface area contributed by atoms with Crippen molar-refractivity contribution in [1.29, 1.82) is 0 Å². The van der Waals surface area contributed by atoms with Crippen LogP contribution >= 0.6 is 0 Å². The average Bonchev–Trinajstić information content (AvgIpc) is 2.78. The van der Waals surface area contributed by atoms with E-state index < -0.39 is 8.07 Å². The van der Waals surface area contributed by atoms with Gasteiger partial charge in [0.15, 0.2) is 0 Å². The van der Waals surface area contributed by atoms with Gasteiger partial charge in [0.05, 0.1) is 8.07 Å². The molecule has 1 heterocycles. The highest BCUT2D eigenvalue weighted by Gasteiger charge is 2.37. The molecule has 164 valence electrons. The Labute approximate surface area is 200 Å². The van der Waals surface area contributed by atoms with Crippen molar-refractivity contribution < 1.29 is 0 Å². The molecular formula is C30H32BNSi. The highest BCUT2D eigenvalue weighted by Crippen LogP contribution is 2.36. The molecule has 0 amide bonds. The van der Waals surface area contributed by atoms with Crippen molar-refractivity contribution in [3.05, 3.63) is 102 Å². The van der Waals surface area contributed by atoms with Crippen molar-refractivity contribution >= 4 is 53.4 Å². The average molecular weight is 445 g/mol. The Morgan fingerprint density at radius 3 is 2.03 bits per heavy atom. The van der Waals surface area contributed by atoms with Gasteiger partial charge in [0.1, 0.15) is 0 Å². The van der Waals surface area contributed by atoms with E-state index in [1.165, 1.54) is 55.3 Å². The molecule has 0 aliphatic carbocycles. The van der Waals surface area contributed by atoms with E-state index in [0.29, 0.717) is 0 Å². The summed E-state index contributed by atoms with van der Waals surface area (Å²) in [6.07, 6.45) is 0. The molecule has 33 heavy (non-hydrogen) atoms. The summed E-state index contributed by atoms with van der Waals surface area (Å²) in [5.74, 6) is 0. The van der Waals surface area contributed by atoms with Crippen LogP contribution in [-0.2, 0) is 0 Å². The van der Waals surface area contributed by atoms with Gasteiger partial charge in [0.2, 0.25) is 6.71 Å². The minimum absolute atomic E-state index is 0.229. The van der Waals surface area contributed by atoms with Crippen molar-refractivity contribution in [3.8, 4) is 0 Å². The maximum Gasteiger partial charge on any atom is 0.247 e. The van der Waals surface area contributed by atoms with E-state index in [2.05, 4.69) is 130 Å². The highest BCUT2D eigenvalue weighted by atomic mass is 28.3. The first-order chi connectivity index (χ1) is 15.8. The molecule has 0 aromatic heterocycles. The molecule has 1 nitrogen and oxygen atoms in total. The Kier molecular flexibility index (Phi) is 5.33. The molecule has 0 bridgehead atoms. The summed E-state index contributed by atoms with van der Waals surface area (Å²) in [7, 11) is -1.49. The standard InChI is InChI=1S/C30H32BNSi/c1-21-16-17-26(22(2)18-21)31-27-14-10-11-15-28(27)32(24-12-8-7-9-13-24)29-20-25(33(4,5)6)19-23(3)30(29)31/h7-20H,1-6H3. The van der Waals surface area contributed by atoms with Gasteiger partial charge < -0.3 is 4.90 Å². The fourth-order valence-corrected chi connectivity index (χ4v) is 6.54. The SMILES string of the molecule is Cc1ccc(B2c3ccccc3N(c3ccccc3)c3cc([Si](C)(C)C)cc(C)c32)c(C)c1. The molecule has 1 aliphatic rings. The van der Waals surface area contributed by atoms with Crippen LogP contribution in [0.5, 0.6) is 0 Å². The highest BCUT2D eigenvalue weighted by molar-refractivity contribution is 6.98. The van der Waals surface area contributed by atoms with Crippen molar-refractivity contribution in [2.75, 3.05) is 4.90 Å². The second-order valence-electron chi connectivity index (χ2n) is 10.5. The molecule has 4 aromatic rings. The molecule has 0 saturated carbocycles. The number of aryl methyl sites for hydroxylation is 3. The van der Waals surface area contributed by atoms with Gasteiger partial charge in [0.25, 0.3) is 0 Å². The van der Waals surface area contributed by atoms with Crippen molar-refractivity contribution in [2.24, 2.45) is 0 Å². The monoisotopic (exact) mass is 445 g/mol. The molecule has 3 heteroatoms. The molecule has 0 N–H and O–H groups in total. The van der Waals surface area contributed by atoms with Crippen LogP contribution in [0.25, 0.3) is 0 Å². The van der Waals surface area contributed by atoms with Crippen LogP contribution in [0, 0.1) is 20.8 Å². The largest absolute Gasteiger partial charge is 0.312 e. The summed E-state index contributed by atoms with van der Waals surface area (Å²) in [4.78, 5) is 2.49. The third kappa shape index (κ3) is 3.75. The van der Waals surface area contributed by atoms with Crippen LogP contribution in [0.3, 0.4) is 0 Å². The molecule has 0 fully saturated rings. The van der Waals surface area contributed by atoms with Gasteiger partial charge in [0, 0.05) is 17.1 Å². The van der Waals surface area contributed by atoms with Crippen molar-refractivity contribution in [3.63, 3.8) is 0 Å². The smallest absolute Gasteiger partial charge is 0.247 e. The molecule has 1 aliphatic heterocycles. The molecular weight excluding hydrogens is 413 g/mol. The lowest BCUT2D eigenvalue weighted by atomic mass is 9.34. The summed E-state index contributed by atoms with van der Waals surface area (Å²) < 4.78 is 0. The lowest BCUT2D eigenvalue weighted by Gasteiger charge is -2.39. The van der Waals surface area contributed by atoms with Gasteiger partial charge in [-0.15, -0.1) is 0 Å².